The highest BCUT2D eigenvalue weighted by atomic mass is 32.2. The lowest BCUT2D eigenvalue weighted by molar-refractivity contribution is -0.117. The van der Waals surface area contributed by atoms with E-state index in [1.54, 1.807) is 7.11 Å². The van der Waals surface area contributed by atoms with Gasteiger partial charge in [-0.3, -0.25) is 4.79 Å². The molecule has 0 fully saturated rings. The Morgan fingerprint density at radius 1 is 1.11 bits per heavy atom. The van der Waals surface area contributed by atoms with Crippen LogP contribution in [0.15, 0.2) is 59.5 Å². The number of methoxy groups -OCH3 is 1. The highest BCUT2D eigenvalue weighted by Gasteiger charge is 2.20. The lowest BCUT2D eigenvalue weighted by Gasteiger charge is -2.15. The molecule has 0 heterocycles. The van der Waals surface area contributed by atoms with Crippen molar-refractivity contribution >= 4 is 17.7 Å². The zero-order valence-electron chi connectivity index (χ0n) is 10.6. The van der Waals surface area contributed by atoms with Crippen molar-refractivity contribution in [2.75, 3.05) is 7.11 Å². The molecule has 0 aliphatic carbocycles. The van der Waals surface area contributed by atoms with Gasteiger partial charge < -0.3 is 10.5 Å². The Hall–Kier alpha value is -1.94. The lowest BCUT2D eigenvalue weighted by Crippen LogP contribution is -2.18. The van der Waals surface area contributed by atoms with Crippen LogP contribution in [0.5, 0.6) is 5.75 Å². The highest BCUT2D eigenvalue weighted by Crippen LogP contribution is 2.39. The van der Waals surface area contributed by atoms with Crippen LogP contribution in [0.3, 0.4) is 0 Å². The number of benzene rings is 2. The first-order valence-corrected chi connectivity index (χ1v) is 6.74. The Kier molecular flexibility index (Phi) is 4.47. The van der Waals surface area contributed by atoms with Gasteiger partial charge in [0.05, 0.1) is 12.0 Å². The Labute approximate surface area is 116 Å². The van der Waals surface area contributed by atoms with Crippen molar-refractivity contribution in [3.05, 3.63) is 60.2 Å². The van der Waals surface area contributed by atoms with Gasteiger partial charge in [0.1, 0.15) is 11.0 Å². The van der Waals surface area contributed by atoms with Crippen LogP contribution in [-0.4, -0.2) is 13.0 Å². The van der Waals surface area contributed by atoms with Gasteiger partial charge in [0, 0.05) is 0 Å². The van der Waals surface area contributed by atoms with Crippen LogP contribution in [-0.2, 0) is 4.79 Å². The van der Waals surface area contributed by atoms with Crippen molar-refractivity contribution < 1.29 is 9.53 Å². The smallest absolute Gasteiger partial charge is 0.235 e. The first-order chi connectivity index (χ1) is 9.22. The van der Waals surface area contributed by atoms with Gasteiger partial charge in [0.2, 0.25) is 5.91 Å². The number of carbonyl (C=O) groups excluding carboxylic acids is 1. The number of hydrogen-bond acceptors (Lipinski definition) is 3. The highest BCUT2D eigenvalue weighted by molar-refractivity contribution is 8.00. The van der Waals surface area contributed by atoms with E-state index < -0.39 is 5.25 Å². The van der Waals surface area contributed by atoms with Gasteiger partial charge in [-0.15, -0.1) is 11.8 Å². The van der Waals surface area contributed by atoms with Crippen LogP contribution >= 0.6 is 11.8 Å². The van der Waals surface area contributed by atoms with Gasteiger partial charge in [-0.25, -0.2) is 0 Å². The van der Waals surface area contributed by atoms with Gasteiger partial charge in [-0.1, -0.05) is 42.5 Å². The maximum absolute atomic E-state index is 11.7. The number of rotatable bonds is 5. The number of carbonyl (C=O) groups is 1. The molecule has 0 aromatic heterocycles. The van der Waals surface area contributed by atoms with Gasteiger partial charge in [-0.05, 0) is 17.7 Å². The van der Waals surface area contributed by atoms with E-state index in [2.05, 4.69) is 0 Å². The molecule has 1 amide bonds. The summed E-state index contributed by atoms with van der Waals surface area (Å²) in [6, 6.07) is 17.1. The third kappa shape index (κ3) is 3.29. The van der Waals surface area contributed by atoms with Crippen LogP contribution < -0.4 is 10.5 Å². The first-order valence-electron chi connectivity index (χ1n) is 5.86. The molecule has 0 radical (unpaired) electrons. The molecule has 0 unspecified atom stereocenters. The van der Waals surface area contributed by atoms with Crippen molar-refractivity contribution in [1.82, 2.24) is 0 Å². The van der Waals surface area contributed by atoms with Gasteiger partial charge in [0.25, 0.3) is 0 Å². The fourth-order valence-corrected chi connectivity index (χ4v) is 2.85. The molecule has 4 heteroatoms. The van der Waals surface area contributed by atoms with Gasteiger partial charge >= 0.3 is 0 Å². The average Bonchev–Trinajstić information content (AvgIpc) is 2.45. The third-order valence-corrected chi connectivity index (χ3v) is 4.01. The van der Waals surface area contributed by atoms with Crippen LogP contribution in [0, 0.1) is 0 Å². The number of primary amides is 1. The fraction of sp³-hybridized carbons (Fsp3) is 0.133. The number of thioether (sulfide) groups is 1. The summed E-state index contributed by atoms with van der Waals surface area (Å²) in [5, 5.41) is -0.419. The van der Waals surface area contributed by atoms with Crippen molar-refractivity contribution in [2.45, 2.75) is 10.1 Å². The van der Waals surface area contributed by atoms with E-state index >= 15 is 0 Å². The molecule has 2 aromatic carbocycles. The lowest BCUT2D eigenvalue weighted by atomic mass is 10.1. The van der Waals surface area contributed by atoms with E-state index in [4.69, 9.17) is 10.5 Å². The standard InChI is InChI=1S/C15H15NO2S/c1-18-12-9-5-6-10-13(12)19-14(15(16)17)11-7-3-2-4-8-11/h2-10,14H,1H3,(H2,16,17)/t14-/m1/s1. The molecule has 1 atom stereocenters. The summed E-state index contributed by atoms with van der Waals surface area (Å²) in [5.41, 5.74) is 6.40. The summed E-state index contributed by atoms with van der Waals surface area (Å²) >= 11 is 1.40. The normalized spacial score (nSPS) is 11.8. The number of amides is 1. The predicted octanol–water partition coefficient (Wildman–Crippen LogP) is 3.01. The first kappa shape index (κ1) is 13.5. The SMILES string of the molecule is COc1ccccc1S[C@@H](C(N)=O)c1ccccc1. The van der Waals surface area contributed by atoms with E-state index in [1.807, 2.05) is 54.6 Å². The third-order valence-electron chi connectivity index (χ3n) is 2.67. The molecule has 0 saturated heterocycles. The number of hydrogen-bond donors (Lipinski definition) is 1. The summed E-state index contributed by atoms with van der Waals surface area (Å²) in [4.78, 5) is 12.6. The Morgan fingerprint density at radius 3 is 2.37 bits per heavy atom. The average molecular weight is 273 g/mol. The van der Waals surface area contributed by atoms with E-state index in [9.17, 15) is 4.79 Å². The van der Waals surface area contributed by atoms with Crippen molar-refractivity contribution in [3.63, 3.8) is 0 Å². The minimum atomic E-state index is -0.419. The van der Waals surface area contributed by atoms with Crippen molar-refractivity contribution in [1.29, 1.82) is 0 Å². The topological polar surface area (TPSA) is 52.3 Å². The second-order valence-corrected chi connectivity index (χ2v) is 5.11. The fourth-order valence-electron chi connectivity index (χ4n) is 1.76. The number of para-hydroxylation sites is 1. The minimum Gasteiger partial charge on any atom is -0.496 e. The van der Waals surface area contributed by atoms with Crippen LogP contribution in [0.4, 0.5) is 0 Å². The summed E-state index contributed by atoms with van der Waals surface area (Å²) in [5.74, 6) is 0.386. The molecule has 2 aromatic rings. The molecule has 19 heavy (non-hydrogen) atoms. The second kappa shape index (κ2) is 6.29. The summed E-state index contributed by atoms with van der Waals surface area (Å²) in [7, 11) is 1.61. The van der Waals surface area contributed by atoms with Gasteiger partial charge in [-0.2, -0.15) is 0 Å². The molecular weight excluding hydrogens is 258 g/mol. The molecule has 0 aliphatic heterocycles. The molecule has 0 bridgehead atoms. The van der Waals surface area contributed by atoms with Crippen LogP contribution in [0.25, 0.3) is 0 Å². The van der Waals surface area contributed by atoms with Gasteiger partial charge in [0.15, 0.2) is 0 Å². The Bertz CT molecular complexity index is 557. The quantitative estimate of drug-likeness (QED) is 0.852. The maximum atomic E-state index is 11.7. The molecule has 0 saturated carbocycles. The molecular formula is C15H15NO2S. The summed E-state index contributed by atoms with van der Waals surface area (Å²) in [6.45, 7) is 0. The molecule has 98 valence electrons. The van der Waals surface area contributed by atoms with E-state index in [0.29, 0.717) is 0 Å². The molecule has 2 N–H and O–H groups in total. The summed E-state index contributed by atoms with van der Waals surface area (Å²) < 4.78 is 5.29. The molecule has 3 nitrogen and oxygen atoms in total. The maximum Gasteiger partial charge on any atom is 0.235 e. The van der Waals surface area contributed by atoms with E-state index in [-0.39, 0.29) is 5.91 Å². The van der Waals surface area contributed by atoms with E-state index in [1.165, 1.54) is 11.8 Å². The monoisotopic (exact) mass is 273 g/mol. The Balaban J connectivity index is 2.30. The largest absolute Gasteiger partial charge is 0.496 e. The number of nitrogens with two attached hydrogens (primary N) is 1. The zero-order valence-corrected chi connectivity index (χ0v) is 11.4. The predicted molar refractivity (Wildman–Crippen MR) is 77.2 cm³/mol. The molecule has 0 spiro atoms. The number of ether oxygens (including phenoxy) is 1. The molecule has 2 rings (SSSR count). The summed E-state index contributed by atoms with van der Waals surface area (Å²) in [6.07, 6.45) is 0. The Morgan fingerprint density at radius 2 is 1.74 bits per heavy atom. The van der Waals surface area contributed by atoms with Crippen LogP contribution in [0.2, 0.25) is 0 Å². The van der Waals surface area contributed by atoms with Crippen molar-refractivity contribution in [2.24, 2.45) is 5.73 Å². The molecule has 0 aliphatic rings. The van der Waals surface area contributed by atoms with E-state index in [0.717, 1.165) is 16.2 Å². The zero-order chi connectivity index (χ0) is 13.7. The minimum absolute atomic E-state index is 0.359. The van der Waals surface area contributed by atoms with Crippen LogP contribution in [0.1, 0.15) is 10.8 Å². The van der Waals surface area contributed by atoms with Crippen molar-refractivity contribution in [3.8, 4) is 5.75 Å². The second-order valence-electron chi connectivity index (χ2n) is 3.96.